The zero-order valence-electron chi connectivity index (χ0n) is 11.1. The van der Waals surface area contributed by atoms with Gasteiger partial charge in [-0.25, -0.2) is 4.39 Å². The van der Waals surface area contributed by atoms with E-state index in [-0.39, 0.29) is 18.3 Å². The molecule has 0 aromatic heterocycles. The van der Waals surface area contributed by atoms with E-state index in [1.165, 1.54) is 25.3 Å². The van der Waals surface area contributed by atoms with Crippen molar-refractivity contribution in [2.75, 3.05) is 20.2 Å². The van der Waals surface area contributed by atoms with E-state index in [4.69, 9.17) is 5.26 Å². The number of carbonyl (C=O) groups is 1. The van der Waals surface area contributed by atoms with Crippen LogP contribution < -0.4 is 0 Å². The third-order valence-corrected chi connectivity index (χ3v) is 2.70. The SMILES string of the molecule is CCCN(CC(=O)OC)Cc1cc(F)ccc1C#N. The van der Waals surface area contributed by atoms with Gasteiger partial charge < -0.3 is 4.74 Å². The zero-order chi connectivity index (χ0) is 14.3. The van der Waals surface area contributed by atoms with E-state index in [1.807, 2.05) is 17.9 Å². The summed E-state index contributed by atoms with van der Waals surface area (Å²) in [6.45, 7) is 3.15. The summed E-state index contributed by atoms with van der Waals surface area (Å²) >= 11 is 0. The molecular formula is C14H17FN2O2. The third-order valence-electron chi connectivity index (χ3n) is 2.70. The van der Waals surface area contributed by atoms with Gasteiger partial charge in [0.25, 0.3) is 0 Å². The smallest absolute Gasteiger partial charge is 0.319 e. The van der Waals surface area contributed by atoms with Crippen molar-refractivity contribution in [3.8, 4) is 6.07 Å². The molecule has 0 saturated heterocycles. The molecule has 1 aromatic carbocycles. The molecule has 1 aromatic rings. The lowest BCUT2D eigenvalue weighted by Gasteiger charge is -2.20. The van der Waals surface area contributed by atoms with Crippen LogP contribution in [0.2, 0.25) is 0 Å². The Hall–Kier alpha value is -1.93. The van der Waals surface area contributed by atoms with Gasteiger partial charge in [0.2, 0.25) is 0 Å². The molecule has 0 spiro atoms. The van der Waals surface area contributed by atoms with Crippen LogP contribution in [0.15, 0.2) is 18.2 Å². The van der Waals surface area contributed by atoms with Gasteiger partial charge in [-0.1, -0.05) is 6.92 Å². The second-order valence-electron chi connectivity index (χ2n) is 4.20. The molecule has 0 N–H and O–H groups in total. The average molecular weight is 264 g/mol. The van der Waals surface area contributed by atoms with Crippen LogP contribution in [-0.2, 0) is 16.1 Å². The number of benzene rings is 1. The van der Waals surface area contributed by atoms with Crippen LogP contribution >= 0.6 is 0 Å². The minimum atomic E-state index is -0.386. The van der Waals surface area contributed by atoms with Crippen LogP contribution in [0, 0.1) is 17.1 Å². The Morgan fingerprint density at radius 2 is 2.26 bits per heavy atom. The summed E-state index contributed by atoms with van der Waals surface area (Å²) in [6.07, 6.45) is 0.855. The number of nitrogens with zero attached hydrogens (tertiary/aromatic N) is 2. The third kappa shape index (κ3) is 4.68. The number of carbonyl (C=O) groups excluding carboxylic acids is 1. The van der Waals surface area contributed by atoms with Crippen LogP contribution in [0.1, 0.15) is 24.5 Å². The molecule has 19 heavy (non-hydrogen) atoms. The molecule has 0 bridgehead atoms. The number of hydrogen-bond acceptors (Lipinski definition) is 4. The van der Waals surface area contributed by atoms with Gasteiger partial charge in [-0.3, -0.25) is 9.69 Å². The highest BCUT2D eigenvalue weighted by Crippen LogP contribution is 2.13. The van der Waals surface area contributed by atoms with E-state index in [0.717, 1.165) is 6.42 Å². The summed E-state index contributed by atoms with van der Waals surface area (Å²) in [6, 6.07) is 6.07. The molecule has 0 aliphatic rings. The normalized spacial score (nSPS) is 10.3. The Labute approximate surface area is 112 Å². The summed E-state index contributed by atoms with van der Waals surface area (Å²) in [4.78, 5) is 13.1. The predicted octanol–water partition coefficient (Wildman–Crippen LogP) is 2.08. The molecule has 0 fully saturated rings. The minimum Gasteiger partial charge on any atom is -0.468 e. The lowest BCUT2D eigenvalue weighted by Crippen LogP contribution is -2.31. The number of rotatable bonds is 6. The summed E-state index contributed by atoms with van der Waals surface area (Å²) in [5.74, 6) is -0.730. The van der Waals surface area contributed by atoms with Gasteiger partial charge in [0.05, 0.1) is 25.3 Å². The number of esters is 1. The Morgan fingerprint density at radius 1 is 1.53 bits per heavy atom. The summed E-state index contributed by atoms with van der Waals surface area (Å²) in [7, 11) is 1.33. The van der Waals surface area contributed by atoms with Gasteiger partial charge in [-0.05, 0) is 36.7 Å². The van der Waals surface area contributed by atoms with Crippen molar-refractivity contribution in [2.45, 2.75) is 19.9 Å². The van der Waals surface area contributed by atoms with Gasteiger partial charge in [0.1, 0.15) is 5.82 Å². The number of halogens is 1. The van der Waals surface area contributed by atoms with Gasteiger partial charge in [-0.2, -0.15) is 5.26 Å². The predicted molar refractivity (Wildman–Crippen MR) is 68.7 cm³/mol. The van der Waals surface area contributed by atoms with E-state index < -0.39 is 0 Å². The number of hydrogen-bond donors (Lipinski definition) is 0. The maximum Gasteiger partial charge on any atom is 0.319 e. The topological polar surface area (TPSA) is 53.3 Å². The fraction of sp³-hybridized carbons (Fsp3) is 0.429. The van der Waals surface area contributed by atoms with Crippen LogP contribution in [0.3, 0.4) is 0 Å². The van der Waals surface area contributed by atoms with Crippen LogP contribution in [-0.4, -0.2) is 31.1 Å². The lowest BCUT2D eigenvalue weighted by atomic mass is 10.1. The summed E-state index contributed by atoms with van der Waals surface area (Å²) in [5, 5.41) is 9.00. The monoisotopic (exact) mass is 264 g/mol. The highest BCUT2D eigenvalue weighted by molar-refractivity contribution is 5.71. The second-order valence-corrected chi connectivity index (χ2v) is 4.20. The minimum absolute atomic E-state index is 0.131. The molecule has 4 nitrogen and oxygen atoms in total. The molecule has 0 radical (unpaired) electrons. The molecule has 0 amide bonds. The lowest BCUT2D eigenvalue weighted by molar-refractivity contribution is -0.142. The molecule has 0 heterocycles. The standard InChI is InChI=1S/C14H17FN2O2/c1-3-6-17(10-14(18)19-2)9-12-7-13(15)5-4-11(12)8-16/h4-5,7H,3,6,9-10H2,1-2H3. The van der Waals surface area contributed by atoms with Crippen molar-refractivity contribution in [1.82, 2.24) is 4.90 Å². The molecule has 0 atom stereocenters. The Bertz CT molecular complexity index is 483. The summed E-state index contributed by atoms with van der Waals surface area (Å²) < 4.78 is 17.9. The van der Waals surface area contributed by atoms with E-state index >= 15 is 0 Å². The highest BCUT2D eigenvalue weighted by atomic mass is 19.1. The van der Waals surface area contributed by atoms with E-state index in [9.17, 15) is 9.18 Å². The first-order valence-corrected chi connectivity index (χ1v) is 6.08. The van der Waals surface area contributed by atoms with Crippen molar-refractivity contribution in [2.24, 2.45) is 0 Å². The molecule has 5 heteroatoms. The first-order valence-electron chi connectivity index (χ1n) is 6.08. The van der Waals surface area contributed by atoms with Gasteiger partial charge >= 0.3 is 5.97 Å². The molecule has 102 valence electrons. The number of nitriles is 1. The highest BCUT2D eigenvalue weighted by Gasteiger charge is 2.13. The van der Waals surface area contributed by atoms with Crippen molar-refractivity contribution >= 4 is 5.97 Å². The molecule has 1 rings (SSSR count). The van der Waals surface area contributed by atoms with Crippen LogP contribution in [0.25, 0.3) is 0 Å². The van der Waals surface area contributed by atoms with E-state index in [1.54, 1.807) is 0 Å². The van der Waals surface area contributed by atoms with Crippen molar-refractivity contribution < 1.29 is 13.9 Å². The average Bonchev–Trinajstić information content (AvgIpc) is 2.39. The van der Waals surface area contributed by atoms with Crippen molar-refractivity contribution in [1.29, 1.82) is 5.26 Å². The van der Waals surface area contributed by atoms with Crippen LogP contribution in [0.5, 0.6) is 0 Å². The quantitative estimate of drug-likeness (QED) is 0.738. The Morgan fingerprint density at radius 3 is 2.84 bits per heavy atom. The van der Waals surface area contributed by atoms with Gasteiger partial charge in [-0.15, -0.1) is 0 Å². The first-order chi connectivity index (χ1) is 9.10. The summed E-state index contributed by atoms with van der Waals surface area (Å²) in [5.41, 5.74) is 1.01. The fourth-order valence-electron chi connectivity index (χ4n) is 1.82. The fourth-order valence-corrected chi connectivity index (χ4v) is 1.82. The van der Waals surface area contributed by atoms with Crippen LogP contribution in [0.4, 0.5) is 4.39 Å². The molecular weight excluding hydrogens is 247 g/mol. The Kier molecular flexibility index (Phi) is 5.97. The number of methoxy groups -OCH3 is 1. The Balaban J connectivity index is 2.86. The van der Waals surface area contributed by atoms with E-state index in [0.29, 0.717) is 24.2 Å². The maximum absolute atomic E-state index is 13.2. The molecule has 0 aliphatic carbocycles. The number of ether oxygens (including phenoxy) is 1. The largest absolute Gasteiger partial charge is 0.468 e. The second kappa shape index (κ2) is 7.49. The van der Waals surface area contributed by atoms with E-state index in [2.05, 4.69) is 4.74 Å². The van der Waals surface area contributed by atoms with Crippen molar-refractivity contribution in [3.63, 3.8) is 0 Å². The molecule has 0 saturated carbocycles. The van der Waals surface area contributed by atoms with Gasteiger partial charge in [0, 0.05) is 6.54 Å². The van der Waals surface area contributed by atoms with Crippen molar-refractivity contribution in [3.05, 3.63) is 35.1 Å². The van der Waals surface area contributed by atoms with Gasteiger partial charge in [0.15, 0.2) is 0 Å². The molecule has 0 unspecified atom stereocenters. The first kappa shape index (κ1) is 15.1. The maximum atomic E-state index is 13.2. The zero-order valence-corrected chi connectivity index (χ0v) is 11.1. The molecule has 0 aliphatic heterocycles.